The number of likely N-dealkylation sites (tertiary alicyclic amines) is 1. The van der Waals surface area contributed by atoms with Gasteiger partial charge in [0.2, 0.25) is 0 Å². The maximum Gasteiger partial charge on any atom is 0.328 e. The average molecular weight is 357 g/mol. The standard InChI is InChI=1S/C22H31NO3/c24-21(19-13-6-3-7-14-19)23-16-8-15-20(23)22(25)26-17-9-12-18-10-4-1-2-5-11-18/h3,6-7,13-14,18,20H,1-2,4-5,8-12,15-17H2. The number of ether oxygens (including phenoxy) is 1. The molecule has 2 fully saturated rings. The van der Waals surface area contributed by atoms with Gasteiger partial charge in [0, 0.05) is 12.1 Å². The van der Waals surface area contributed by atoms with E-state index in [1.807, 2.05) is 18.2 Å². The van der Waals surface area contributed by atoms with Crippen LogP contribution in [-0.2, 0) is 9.53 Å². The van der Waals surface area contributed by atoms with Crippen molar-refractivity contribution in [2.24, 2.45) is 5.92 Å². The summed E-state index contributed by atoms with van der Waals surface area (Å²) in [6.45, 7) is 1.12. The first-order chi connectivity index (χ1) is 12.8. The summed E-state index contributed by atoms with van der Waals surface area (Å²) in [5.74, 6) is 0.509. The fourth-order valence-electron chi connectivity index (χ4n) is 4.29. The number of hydrogen-bond acceptors (Lipinski definition) is 3. The SMILES string of the molecule is O=C(OCCCC1CCCCCC1)C1CCCN1C(=O)c1ccccc1. The quantitative estimate of drug-likeness (QED) is 0.425. The van der Waals surface area contributed by atoms with E-state index in [9.17, 15) is 9.59 Å². The molecule has 1 aliphatic carbocycles. The highest BCUT2D eigenvalue weighted by molar-refractivity contribution is 5.97. The molecule has 1 aliphatic heterocycles. The average Bonchev–Trinajstić information content (AvgIpc) is 3.02. The number of amides is 1. The van der Waals surface area contributed by atoms with Gasteiger partial charge >= 0.3 is 5.97 Å². The van der Waals surface area contributed by atoms with Crippen LogP contribution in [0.1, 0.15) is 74.6 Å². The van der Waals surface area contributed by atoms with Crippen LogP contribution in [0.2, 0.25) is 0 Å². The van der Waals surface area contributed by atoms with Crippen LogP contribution >= 0.6 is 0 Å². The van der Waals surface area contributed by atoms with E-state index >= 15 is 0 Å². The third kappa shape index (κ3) is 5.09. The lowest BCUT2D eigenvalue weighted by molar-refractivity contribution is -0.148. The van der Waals surface area contributed by atoms with Crippen molar-refractivity contribution in [3.63, 3.8) is 0 Å². The summed E-state index contributed by atoms with van der Waals surface area (Å²) >= 11 is 0. The van der Waals surface area contributed by atoms with E-state index in [1.54, 1.807) is 17.0 Å². The van der Waals surface area contributed by atoms with E-state index in [0.29, 0.717) is 25.1 Å². The van der Waals surface area contributed by atoms with E-state index < -0.39 is 6.04 Å². The first-order valence-electron chi connectivity index (χ1n) is 10.3. The summed E-state index contributed by atoms with van der Waals surface area (Å²) in [7, 11) is 0. The molecule has 1 aromatic rings. The number of benzene rings is 1. The normalized spacial score (nSPS) is 21.4. The summed E-state index contributed by atoms with van der Waals surface area (Å²) in [5.41, 5.74) is 0.639. The molecule has 1 saturated heterocycles. The van der Waals surface area contributed by atoms with Crippen molar-refractivity contribution in [2.45, 2.75) is 70.3 Å². The van der Waals surface area contributed by atoms with Crippen molar-refractivity contribution in [2.75, 3.05) is 13.2 Å². The maximum absolute atomic E-state index is 12.6. The molecule has 2 aliphatic rings. The molecule has 0 aromatic heterocycles. The van der Waals surface area contributed by atoms with Gasteiger partial charge in [-0.15, -0.1) is 0 Å². The zero-order valence-corrected chi connectivity index (χ0v) is 15.7. The van der Waals surface area contributed by atoms with Crippen LogP contribution in [0.15, 0.2) is 30.3 Å². The summed E-state index contributed by atoms with van der Waals surface area (Å²) in [4.78, 5) is 26.8. The Balaban J connectivity index is 1.44. The Hall–Kier alpha value is -1.84. The molecule has 4 heteroatoms. The Morgan fingerprint density at radius 1 is 0.962 bits per heavy atom. The van der Waals surface area contributed by atoms with E-state index in [0.717, 1.165) is 25.2 Å². The van der Waals surface area contributed by atoms with Crippen LogP contribution in [0, 0.1) is 5.92 Å². The Morgan fingerprint density at radius 2 is 1.69 bits per heavy atom. The molecule has 1 unspecified atom stereocenters. The molecule has 1 amide bonds. The third-order valence-electron chi connectivity index (χ3n) is 5.78. The number of carbonyl (C=O) groups is 2. The predicted octanol–water partition coefficient (Wildman–Crippen LogP) is 4.59. The second kappa shape index (κ2) is 9.75. The summed E-state index contributed by atoms with van der Waals surface area (Å²) in [6, 6.07) is 8.78. The first kappa shape index (κ1) is 18.9. The van der Waals surface area contributed by atoms with Gasteiger partial charge in [-0.1, -0.05) is 56.7 Å². The maximum atomic E-state index is 12.6. The van der Waals surface area contributed by atoms with Gasteiger partial charge in [0.15, 0.2) is 0 Å². The zero-order valence-electron chi connectivity index (χ0n) is 15.7. The second-order valence-corrected chi connectivity index (χ2v) is 7.69. The molecule has 4 nitrogen and oxygen atoms in total. The molecule has 0 radical (unpaired) electrons. The van der Waals surface area contributed by atoms with Gasteiger partial charge in [-0.05, 0) is 43.7 Å². The highest BCUT2D eigenvalue weighted by Gasteiger charge is 2.35. The molecular weight excluding hydrogens is 326 g/mol. The molecule has 1 heterocycles. The van der Waals surface area contributed by atoms with Crippen molar-refractivity contribution in [1.82, 2.24) is 4.90 Å². The molecule has 0 N–H and O–H groups in total. The van der Waals surface area contributed by atoms with Crippen molar-refractivity contribution >= 4 is 11.9 Å². The largest absolute Gasteiger partial charge is 0.464 e. The monoisotopic (exact) mass is 357 g/mol. The Morgan fingerprint density at radius 3 is 2.42 bits per heavy atom. The summed E-state index contributed by atoms with van der Waals surface area (Å²) in [5, 5.41) is 0. The minimum Gasteiger partial charge on any atom is -0.464 e. The van der Waals surface area contributed by atoms with Gasteiger partial charge in [0.25, 0.3) is 5.91 Å². The van der Waals surface area contributed by atoms with Crippen molar-refractivity contribution in [1.29, 1.82) is 0 Å². The van der Waals surface area contributed by atoms with Crippen LogP contribution in [0.5, 0.6) is 0 Å². The third-order valence-corrected chi connectivity index (χ3v) is 5.78. The number of esters is 1. The molecule has 1 atom stereocenters. The van der Waals surface area contributed by atoms with E-state index in [2.05, 4.69) is 0 Å². The van der Waals surface area contributed by atoms with Gasteiger partial charge in [-0.2, -0.15) is 0 Å². The molecule has 1 saturated carbocycles. The van der Waals surface area contributed by atoms with Gasteiger partial charge in [-0.25, -0.2) is 4.79 Å². The van der Waals surface area contributed by atoms with E-state index in [1.165, 1.54) is 38.5 Å². The van der Waals surface area contributed by atoms with Crippen molar-refractivity contribution < 1.29 is 14.3 Å². The lowest BCUT2D eigenvalue weighted by Crippen LogP contribution is -2.41. The molecule has 0 spiro atoms. The van der Waals surface area contributed by atoms with Crippen molar-refractivity contribution in [3.8, 4) is 0 Å². The lowest BCUT2D eigenvalue weighted by Gasteiger charge is -2.23. The van der Waals surface area contributed by atoms with Gasteiger partial charge in [-0.3, -0.25) is 4.79 Å². The Kier molecular flexibility index (Phi) is 7.10. The topological polar surface area (TPSA) is 46.6 Å². The molecule has 142 valence electrons. The first-order valence-corrected chi connectivity index (χ1v) is 10.3. The lowest BCUT2D eigenvalue weighted by atomic mass is 9.95. The summed E-state index contributed by atoms with van der Waals surface area (Å²) < 4.78 is 5.53. The van der Waals surface area contributed by atoms with Crippen molar-refractivity contribution in [3.05, 3.63) is 35.9 Å². The number of hydrogen-bond donors (Lipinski definition) is 0. The van der Waals surface area contributed by atoms with E-state index in [4.69, 9.17) is 4.74 Å². The minimum atomic E-state index is -0.416. The highest BCUT2D eigenvalue weighted by Crippen LogP contribution is 2.26. The number of nitrogens with zero attached hydrogens (tertiary/aromatic N) is 1. The molecule has 0 bridgehead atoms. The van der Waals surface area contributed by atoms with Gasteiger partial charge in [0.1, 0.15) is 6.04 Å². The molecule has 1 aromatic carbocycles. The Bertz CT molecular complexity index is 578. The van der Waals surface area contributed by atoms with E-state index in [-0.39, 0.29) is 11.9 Å². The zero-order chi connectivity index (χ0) is 18.2. The molecular formula is C22H31NO3. The van der Waals surface area contributed by atoms with Gasteiger partial charge < -0.3 is 9.64 Å². The predicted molar refractivity (Wildman–Crippen MR) is 102 cm³/mol. The van der Waals surface area contributed by atoms with Crippen LogP contribution in [0.4, 0.5) is 0 Å². The smallest absolute Gasteiger partial charge is 0.328 e. The number of rotatable bonds is 6. The van der Waals surface area contributed by atoms with Gasteiger partial charge in [0.05, 0.1) is 6.61 Å². The molecule has 3 rings (SSSR count). The fourth-order valence-corrected chi connectivity index (χ4v) is 4.29. The fraction of sp³-hybridized carbons (Fsp3) is 0.636. The number of carbonyl (C=O) groups excluding carboxylic acids is 2. The minimum absolute atomic E-state index is 0.0662. The highest BCUT2D eigenvalue weighted by atomic mass is 16.5. The van der Waals surface area contributed by atoms with Crippen LogP contribution in [0.25, 0.3) is 0 Å². The summed E-state index contributed by atoms with van der Waals surface area (Å²) in [6.07, 6.45) is 11.8. The van der Waals surface area contributed by atoms with Crippen LogP contribution < -0.4 is 0 Å². The molecule has 26 heavy (non-hydrogen) atoms. The Labute approximate surface area is 156 Å². The van der Waals surface area contributed by atoms with Crippen LogP contribution in [-0.4, -0.2) is 36.0 Å². The second-order valence-electron chi connectivity index (χ2n) is 7.69. The van der Waals surface area contributed by atoms with Crippen LogP contribution in [0.3, 0.4) is 0 Å².